The van der Waals surface area contributed by atoms with E-state index in [0.29, 0.717) is 24.4 Å². The summed E-state index contributed by atoms with van der Waals surface area (Å²) < 4.78 is 0. The molecule has 1 amide bonds. The fourth-order valence-electron chi connectivity index (χ4n) is 2.99. The van der Waals surface area contributed by atoms with Gasteiger partial charge in [-0.25, -0.2) is 0 Å². The molecule has 1 atom stereocenters. The van der Waals surface area contributed by atoms with E-state index in [4.69, 9.17) is 0 Å². The summed E-state index contributed by atoms with van der Waals surface area (Å²) in [4.78, 5) is 12.0. The van der Waals surface area contributed by atoms with E-state index in [1.807, 2.05) is 11.8 Å². The van der Waals surface area contributed by atoms with Gasteiger partial charge in [0, 0.05) is 36.6 Å². The second-order valence-electron chi connectivity index (χ2n) is 5.77. The van der Waals surface area contributed by atoms with Crippen molar-refractivity contribution in [1.29, 1.82) is 0 Å². The Bertz CT molecular complexity index is 439. The SMILES string of the molecule is O=C(CC1CSCCN1)NC1CC(c2ccccc2)C1. The van der Waals surface area contributed by atoms with Gasteiger partial charge in [-0.1, -0.05) is 30.3 Å². The summed E-state index contributed by atoms with van der Waals surface area (Å²) in [5.74, 6) is 3.07. The Morgan fingerprint density at radius 1 is 1.30 bits per heavy atom. The van der Waals surface area contributed by atoms with Gasteiger partial charge in [-0.2, -0.15) is 11.8 Å². The van der Waals surface area contributed by atoms with E-state index in [1.54, 1.807) is 0 Å². The van der Waals surface area contributed by atoms with Crippen molar-refractivity contribution in [3.8, 4) is 0 Å². The monoisotopic (exact) mass is 290 g/mol. The van der Waals surface area contributed by atoms with Crippen molar-refractivity contribution in [2.24, 2.45) is 0 Å². The van der Waals surface area contributed by atoms with Gasteiger partial charge in [0.25, 0.3) is 0 Å². The van der Waals surface area contributed by atoms with Crippen LogP contribution in [-0.2, 0) is 4.79 Å². The molecule has 0 radical (unpaired) electrons. The minimum atomic E-state index is 0.210. The fraction of sp³-hybridized carbons (Fsp3) is 0.562. The van der Waals surface area contributed by atoms with Crippen molar-refractivity contribution in [2.75, 3.05) is 18.1 Å². The molecule has 1 aromatic rings. The van der Waals surface area contributed by atoms with Crippen molar-refractivity contribution in [2.45, 2.75) is 37.3 Å². The normalized spacial score (nSPS) is 29.5. The van der Waals surface area contributed by atoms with Gasteiger partial charge in [0.2, 0.25) is 5.91 Å². The van der Waals surface area contributed by atoms with E-state index < -0.39 is 0 Å². The summed E-state index contributed by atoms with van der Waals surface area (Å²) in [5.41, 5.74) is 1.41. The standard InChI is InChI=1S/C16H22N2OS/c19-16(10-15-11-20-7-6-17-15)18-14-8-13(9-14)12-4-2-1-3-5-12/h1-5,13-15,17H,6-11H2,(H,18,19). The summed E-state index contributed by atoms with van der Waals surface area (Å²) in [6, 6.07) is 11.3. The molecule has 0 bridgehead atoms. The van der Waals surface area contributed by atoms with Gasteiger partial charge in [-0.05, 0) is 24.3 Å². The summed E-state index contributed by atoms with van der Waals surface area (Å²) in [6.45, 7) is 1.03. The third-order valence-electron chi connectivity index (χ3n) is 4.20. The molecule has 1 aliphatic heterocycles. The number of hydrogen-bond donors (Lipinski definition) is 2. The average Bonchev–Trinajstić information content (AvgIpc) is 2.44. The van der Waals surface area contributed by atoms with Gasteiger partial charge < -0.3 is 10.6 Å². The first-order valence-corrected chi connectivity index (χ1v) is 8.62. The smallest absolute Gasteiger partial charge is 0.221 e. The van der Waals surface area contributed by atoms with Crippen molar-refractivity contribution < 1.29 is 4.79 Å². The second-order valence-corrected chi connectivity index (χ2v) is 6.92. The van der Waals surface area contributed by atoms with E-state index in [0.717, 1.165) is 25.1 Å². The molecular formula is C16H22N2OS. The van der Waals surface area contributed by atoms with Crippen LogP contribution in [0.25, 0.3) is 0 Å². The molecule has 108 valence electrons. The van der Waals surface area contributed by atoms with Crippen LogP contribution in [0.1, 0.15) is 30.7 Å². The average molecular weight is 290 g/mol. The predicted octanol–water partition coefficient (Wildman–Crippen LogP) is 2.14. The molecule has 2 aliphatic rings. The van der Waals surface area contributed by atoms with E-state index in [-0.39, 0.29) is 5.91 Å². The van der Waals surface area contributed by atoms with E-state index in [1.165, 1.54) is 11.3 Å². The molecule has 3 nitrogen and oxygen atoms in total. The van der Waals surface area contributed by atoms with E-state index >= 15 is 0 Å². The maximum absolute atomic E-state index is 12.0. The Balaban J connectivity index is 1.39. The first-order chi connectivity index (χ1) is 9.81. The number of hydrogen-bond acceptors (Lipinski definition) is 3. The largest absolute Gasteiger partial charge is 0.353 e. The molecule has 2 N–H and O–H groups in total. The Labute approximate surface area is 124 Å². The highest BCUT2D eigenvalue weighted by Crippen LogP contribution is 2.36. The topological polar surface area (TPSA) is 41.1 Å². The third-order valence-corrected chi connectivity index (χ3v) is 5.34. The molecule has 4 heteroatoms. The highest BCUT2D eigenvalue weighted by Gasteiger charge is 2.31. The molecule has 0 spiro atoms. The maximum Gasteiger partial charge on any atom is 0.221 e. The third kappa shape index (κ3) is 3.55. The minimum absolute atomic E-state index is 0.210. The van der Waals surface area contributed by atoms with Crippen LogP contribution < -0.4 is 10.6 Å². The Morgan fingerprint density at radius 3 is 2.80 bits per heavy atom. The molecule has 1 heterocycles. The molecular weight excluding hydrogens is 268 g/mol. The number of carbonyl (C=O) groups is 1. The number of benzene rings is 1. The van der Waals surface area contributed by atoms with Crippen LogP contribution in [0.4, 0.5) is 0 Å². The Morgan fingerprint density at radius 2 is 2.10 bits per heavy atom. The van der Waals surface area contributed by atoms with Crippen molar-refractivity contribution >= 4 is 17.7 Å². The van der Waals surface area contributed by atoms with Gasteiger partial charge in [0.1, 0.15) is 0 Å². The molecule has 3 rings (SSSR count). The van der Waals surface area contributed by atoms with Crippen LogP contribution in [0.2, 0.25) is 0 Å². The predicted molar refractivity (Wildman–Crippen MR) is 84.1 cm³/mol. The molecule has 2 fully saturated rings. The van der Waals surface area contributed by atoms with Crippen LogP contribution >= 0.6 is 11.8 Å². The van der Waals surface area contributed by atoms with E-state index in [2.05, 4.69) is 41.0 Å². The molecule has 1 unspecified atom stereocenters. The highest BCUT2D eigenvalue weighted by atomic mass is 32.2. The van der Waals surface area contributed by atoms with Crippen LogP contribution in [0.15, 0.2) is 30.3 Å². The molecule has 20 heavy (non-hydrogen) atoms. The quantitative estimate of drug-likeness (QED) is 0.893. The Kier molecular flexibility index (Phi) is 4.63. The Hall–Kier alpha value is -1.00. The van der Waals surface area contributed by atoms with Gasteiger partial charge in [-0.15, -0.1) is 0 Å². The number of nitrogens with one attached hydrogen (secondary N) is 2. The van der Waals surface area contributed by atoms with Crippen LogP contribution in [-0.4, -0.2) is 36.0 Å². The molecule has 0 aromatic heterocycles. The number of rotatable bonds is 4. The van der Waals surface area contributed by atoms with Gasteiger partial charge in [0.15, 0.2) is 0 Å². The molecule has 1 aliphatic carbocycles. The zero-order chi connectivity index (χ0) is 13.8. The van der Waals surface area contributed by atoms with Crippen molar-refractivity contribution in [1.82, 2.24) is 10.6 Å². The molecule has 1 saturated carbocycles. The zero-order valence-electron chi connectivity index (χ0n) is 11.7. The summed E-state index contributed by atoms with van der Waals surface area (Å²) in [7, 11) is 0. The summed E-state index contributed by atoms with van der Waals surface area (Å²) >= 11 is 1.94. The first kappa shape index (κ1) is 14.0. The number of amides is 1. The van der Waals surface area contributed by atoms with Crippen LogP contribution in [0.5, 0.6) is 0 Å². The van der Waals surface area contributed by atoms with Crippen molar-refractivity contribution in [3.63, 3.8) is 0 Å². The lowest BCUT2D eigenvalue weighted by Gasteiger charge is -2.36. The van der Waals surface area contributed by atoms with Crippen LogP contribution in [0, 0.1) is 0 Å². The summed E-state index contributed by atoms with van der Waals surface area (Å²) in [5, 5.41) is 6.59. The highest BCUT2D eigenvalue weighted by molar-refractivity contribution is 7.99. The molecule has 1 aromatic carbocycles. The molecule has 1 saturated heterocycles. The lowest BCUT2D eigenvalue weighted by atomic mass is 9.76. The van der Waals surface area contributed by atoms with Crippen LogP contribution in [0.3, 0.4) is 0 Å². The van der Waals surface area contributed by atoms with E-state index in [9.17, 15) is 4.79 Å². The minimum Gasteiger partial charge on any atom is -0.353 e. The fourth-order valence-corrected chi connectivity index (χ4v) is 3.94. The van der Waals surface area contributed by atoms with Gasteiger partial charge >= 0.3 is 0 Å². The van der Waals surface area contributed by atoms with Gasteiger partial charge in [-0.3, -0.25) is 4.79 Å². The lowest BCUT2D eigenvalue weighted by Crippen LogP contribution is -2.47. The lowest BCUT2D eigenvalue weighted by molar-refractivity contribution is -0.122. The van der Waals surface area contributed by atoms with Crippen molar-refractivity contribution in [3.05, 3.63) is 35.9 Å². The number of carbonyl (C=O) groups excluding carboxylic acids is 1. The maximum atomic E-state index is 12.0. The van der Waals surface area contributed by atoms with Gasteiger partial charge in [0.05, 0.1) is 0 Å². The summed E-state index contributed by atoms with van der Waals surface area (Å²) in [6.07, 6.45) is 2.80. The number of thioether (sulfide) groups is 1. The first-order valence-electron chi connectivity index (χ1n) is 7.46. The second kappa shape index (κ2) is 6.64. The zero-order valence-corrected chi connectivity index (χ0v) is 12.5.